The fraction of sp³-hybridized carbons (Fsp3) is 0.643. The second-order valence-electron chi connectivity index (χ2n) is 5.22. The van der Waals surface area contributed by atoms with E-state index in [4.69, 9.17) is 0 Å². The highest BCUT2D eigenvalue weighted by Gasteiger charge is 2.32. The first-order valence-corrected chi connectivity index (χ1v) is 7.50. The molecule has 0 aromatic carbocycles. The fourth-order valence-electron chi connectivity index (χ4n) is 2.53. The van der Waals surface area contributed by atoms with Crippen LogP contribution in [-0.4, -0.2) is 36.5 Å². The largest absolute Gasteiger partial charge is 0.342 e. The molecule has 1 N–H and O–H groups in total. The first kappa shape index (κ1) is 13.6. The maximum absolute atomic E-state index is 12.4. The van der Waals surface area contributed by atoms with Gasteiger partial charge in [0.25, 0.3) is 0 Å². The lowest BCUT2D eigenvalue weighted by Gasteiger charge is -2.28. The number of hydrogen-bond donors (Lipinski definition) is 1. The van der Waals surface area contributed by atoms with E-state index in [9.17, 15) is 4.79 Å². The first-order valence-electron chi connectivity index (χ1n) is 6.62. The van der Waals surface area contributed by atoms with Gasteiger partial charge in [0.2, 0.25) is 5.91 Å². The Hall–Kier alpha value is -0.870. The maximum atomic E-state index is 12.4. The zero-order valence-corrected chi connectivity index (χ0v) is 12.2. The van der Waals surface area contributed by atoms with E-state index >= 15 is 0 Å². The van der Waals surface area contributed by atoms with Crippen LogP contribution in [0.2, 0.25) is 0 Å². The van der Waals surface area contributed by atoms with Crippen LogP contribution in [0.1, 0.15) is 25.1 Å². The predicted molar refractivity (Wildman–Crippen MR) is 75.8 cm³/mol. The highest BCUT2D eigenvalue weighted by atomic mass is 32.1. The number of nitrogens with zero attached hydrogens (tertiary/aromatic N) is 1. The summed E-state index contributed by atoms with van der Waals surface area (Å²) in [5.74, 6) is 0.442. The molecule has 0 bridgehead atoms. The molecule has 1 aliphatic heterocycles. The molecular weight excluding hydrogens is 244 g/mol. The van der Waals surface area contributed by atoms with Crippen molar-refractivity contribution in [2.24, 2.45) is 5.92 Å². The summed E-state index contributed by atoms with van der Waals surface area (Å²) in [5, 5.41) is 5.43. The smallest absolute Gasteiger partial charge is 0.227 e. The van der Waals surface area contributed by atoms with Gasteiger partial charge in [-0.25, -0.2) is 0 Å². The molecule has 18 heavy (non-hydrogen) atoms. The number of carbonyl (C=O) groups is 1. The number of rotatable bonds is 4. The minimum Gasteiger partial charge on any atom is -0.342 e. The van der Waals surface area contributed by atoms with Gasteiger partial charge in [0.15, 0.2) is 0 Å². The number of nitrogens with one attached hydrogen (secondary N) is 1. The van der Waals surface area contributed by atoms with Crippen LogP contribution < -0.4 is 5.32 Å². The van der Waals surface area contributed by atoms with Gasteiger partial charge in [-0.15, -0.1) is 11.3 Å². The molecular formula is C14H22N2OS. The molecule has 1 fully saturated rings. The second-order valence-corrected chi connectivity index (χ2v) is 6.25. The Morgan fingerprint density at radius 1 is 1.67 bits per heavy atom. The summed E-state index contributed by atoms with van der Waals surface area (Å²) < 4.78 is 0. The summed E-state index contributed by atoms with van der Waals surface area (Å²) in [6.45, 7) is 5.20. The summed E-state index contributed by atoms with van der Waals surface area (Å²) in [7, 11) is 1.94. The van der Waals surface area contributed by atoms with Crippen LogP contribution in [0.4, 0.5) is 0 Å². The number of thiophene rings is 1. The molecule has 3 atom stereocenters. The molecule has 0 radical (unpaired) electrons. The SMILES string of the molecule is CC1NCCC1C(=O)N(C)C(C)Cc1cccs1. The van der Waals surface area contributed by atoms with Crippen molar-refractivity contribution >= 4 is 17.2 Å². The van der Waals surface area contributed by atoms with Gasteiger partial charge in [-0.2, -0.15) is 0 Å². The van der Waals surface area contributed by atoms with Gasteiger partial charge in [0.05, 0.1) is 5.92 Å². The molecule has 0 aliphatic carbocycles. The molecule has 2 rings (SSSR count). The third kappa shape index (κ3) is 2.93. The Morgan fingerprint density at radius 3 is 3.00 bits per heavy atom. The third-order valence-corrected chi connectivity index (χ3v) is 4.83. The van der Waals surface area contributed by atoms with Crippen molar-refractivity contribution in [3.05, 3.63) is 22.4 Å². The Bertz CT molecular complexity index is 391. The van der Waals surface area contributed by atoms with E-state index in [-0.39, 0.29) is 17.9 Å². The van der Waals surface area contributed by atoms with Crippen molar-refractivity contribution in [1.29, 1.82) is 0 Å². The van der Waals surface area contributed by atoms with E-state index in [1.807, 2.05) is 11.9 Å². The van der Waals surface area contributed by atoms with Crippen LogP contribution in [0, 0.1) is 5.92 Å². The zero-order valence-electron chi connectivity index (χ0n) is 11.3. The molecule has 1 amide bonds. The van der Waals surface area contributed by atoms with E-state index in [0.29, 0.717) is 6.04 Å². The van der Waals surface area contributed by atoms with Crippen molar-refractivity contribution in [1.82, 2.24) is 10.2 Å². The standard InChI is InChI=1S/C14H22N2OS/c1-10(9-12-5-4-8-18-12)16(3)14(17)13-6-7-15-11(13)2/h4-5,8,10-11,13,15H,6-7,9H2,1-3H3. The molecule has 0 spiro atoms. The van der Waals surface area contributed by atoms with E-state index in [0.717, 1.165) is 19.4 Å². The lowest BCUT2D eigenvalue weighted by molar-refractivity contribution is -0.136. The number of amides is 1. The second kappa shape index (κ2) is 5.85. The first-order chi connectivity index (χ1) is 8.59. The topological polar surface area (TPSA) is 32.3 Å². The Morgan fingerprint density at radius 2 is 2.44 bits per heavy atom. The van der Waals surface area contributed by atoms with Gasteiger partial charge in [-0.3, -0.25) is 4.79 Å². The lowest BCUT2D eigenvalue weighted by Crippen LogP contribution is -2.43. The monoisotopic (exact) mass is 266 g/mol. The molecule has 0 saturated carbocycles. The van der Waals surface area contributed by atoms with E-state index in [1.54, 1.807) is 11.3 Å². The highest BCUT2D eigenvalue weighted by Crippen LogP contribution is 2.20. The van der Waals surface area contributed by atoms with Crippen molar-refractivity contribution < 1.29 is 4.79 Å². The molecule has 1 aromatic heterocycles. The van der Waals surface area contributed by atoms with Gasteiger partial charge in [-0.05, 0) is 38.3 Å². The maximum Gasteiger partial charge on any atom is 0.227 e. The number of likely N-dealkylation sites (N-methyl/N-ethyl adjacent to an activating group) is 1. The molecule has 1 aromatic rings. The minimum atomic E-state index is 0.154. The highest BCUT2D eigenvalue weighted by molar-refractivity contribution is 7.09. The number of carbonyl (C=O) groups excluding carboxylic acids is 1. The zero-order chi connectivity index (χ0) is 13.1. The molecule has 3 nitrogen and oxygen atoms in total. The molecule has 2 heterocycles. The van der Waals surface area contributed by atoms with Crippen LogP contribution in [0.5, 0.6) is 0 Å². The summed E-state index contributed by atoms with van der Waals surface area (Å²) in [6, 6.07) is 4.79. The van der Waals surface area contributed by atoms with Gasteiger partial charge < -0.3 is 10.2 Å². The van der Waals surface area contributed by atoms with E-state index in [1.165, 1.54) is 4.88 Å². The van der Waals surface area contributed by atoms with Crippen LogP contribution in [0.25, 0.3) is 0 Å². The van der Waals surface area contributed by atoms with Gasteiger partial charge in [0.1, 0.15) is 0 Å². The van der Waals surface area contributed by atoms with Crippen molar-refractivity contribution in [3.63, 3.8) is 0 Å². The summed E-state index contributed by atoms with van der Waals surface area (Å²) in [6.07, 6.45) is 1.92. The van der Waals surface area contributed by atoms with Crippen LogP contribution >= 0.6 is 11.3 Å². The predicted octanol–water partition coefficient (Wildman–Crippen LogP) is 2.14. The average molecular weight is 266 g/mol. The van der Waals surface area contributed by atoms with Gasteiger partial charge in [-0.1, -0.05) is 6.07 Å². The Balaban J connectivity index is 1.93. The van der Waals surface area contributed by atoms with Crippen LogP contribution in [0.15, 0.2) is 17.5 Å². The molecule has 100 valence electrons. The average Bonchev–Trinajstić information content (AvgIpc) is 2.98. The van der Waals surface area contributed by atoms with Gasteiger partial charge in [0, 0.05) is 30.4 Å². The van der Waals surface area contributed by atoms with Crippen LogP contribution in [-0.2, 0) is 11.2 Å². The van der Waals surface area contributed by atoms with E-state index in [2.05, 4.69) is 36.7 Å². The summed E-state index contributed by atoms with van der Waals surface area (Å²) >= 11 is 1.76. The Labute approximate surface area is 113 Å². The van der Waals surface area contributed by atoms with Crippen molar-refractivity contribution in [2.45, 2.75) is 38.8 Å². The minimum absolute atomic E-state index is 0.154. The summed E-state index contributed by atoms with van der Waals surface area (Å²) in [5.41, 5.74) is 0. The molecule has 4 heteroatoms. The van der Waals surface area contributed by atoms with E-state index < -0.39 is 0 Å². The van der Waals surface area contributed by atoms with Crippen molar-refractivity contribution in [3.8, 4) is 0 Å². The third-order valence-electron chi connectivity index (χ3n) is 3.93. The Kier molecular flexibility index (Phi) is 4.40. The van der Waals surface area contributed by atoms with Crippen LogP contribution in [0.3, 0.4) is 0 Å². The summed E-state index contributed by atoms with van der Waals surface area (Å²) in [4.78, 5) is 15.7. The molecule has 1 aliphatic rings. The lowest BCUT2D eigenvalue weighted by atomic mass is 9.99. The molecule has 1 saturated heterocycles. The number of hydrogen-bond acceptors (Lipinski definition) is 3. The van der Waals surface area contributed by atoms with Crippen molar-refractivity contribution in [2.75, 3.05) is 13.6 Å². The fourth-order valence-corrected chi connectivity index (χ4v) is 3.36. The normalized spacial score (nSPS) is 25.1. The van der Waals surface area contributed by atoms with Gasteiger partial charge >= 0.3 is 0 Å². The quantitative estimate of drug-likeness (QED) is 0.905. The molecule has 3 unspecified atom stereocenters.